The van der Waals surface area contributed by atoms with Crippen molar-refractivity contribution in [3.05, 3.63) is 36.5 Å². The number of benzene rings is 1. The first kappa shape index (κ1) is 14.8. The molecule has 1 heterocycles. The summed E-state index contributed by atoms with van der Waals surface area (Å²) in [6, 6.07) is 8.04. The van der Waals surface area contributed by atoms with E-state index >= 15 is 0 Å². The quantitative estimate of drug-likeness (QED) is 0.800. The molecule has 1 aromatic heterocycles. The van der Waals surface area contributed by atoms with Gasteiger partial charge in [-0.05, 0) is 18.1 Å². The van der Waals surface area contributed by atoms with E-state index in [9.17, 15) is 9.59 Å². The van der Waals surface area contributed by atoms with Gasteiger partial charge in [0.25, 0.3) is 0 Å². The minimum Gasteiger partial charge on any atom is -0.352 e. The fourth-order valence-corrected chi connectivity index (χ4v) is 2.05. The van der Waals surface area contributed by atoms with Gasteiger partial charge >= 0.3 is 6.03 Å². The Morgan fingerprint density at radius 1 is 1.24 bits per heavy atom. The van der Waals surface area contributed by atoms with Crippen molar-refractivity contribution >= 4 is 28.5 Å². The van der Waals surface area contributed by atoms with Crippen molar-refractivity contribution < 1.29 is 9.59 Å². The largest absolute Gasteiger partial charge is 0.352 e. The molecule has 0 saturated carbocycles. The molecule has 0 aliphatic heterocycles. The number of nitrogens with zero attached hydrogens (tertiary/aromatic N) is 1. The Balaban J connectivity index is 2.17. The first-order valence-electron chi connectivity index (χ1n) is 6.69. The van der Waals surface area contributed by atoms with E-state index in [0.29, 0.717) is 5.69 Å². The lowest BCUT2D eigenvalue weighted by Gasteiger charge is -2.20. The summed E-state index contributed by atoms with van der Waals surface area (Å²) in [4.78, 5) is 27.5. The number of pyridine rings is 1. The van der Waals surface area contributed by atoms with Crippen LogP contribution >= 0.6 is 0 Å². The van der Waals surface area contributed by atoms with E-state index < -0.39 is 12.1 Å². The monoisotopic (exact) mass is 286 g/mol. The smallest absolute Gasteiger partial charge is 0.312 e. The van der Waals surface area contributed by atoms with Gasteiger partial charge in [-0.15, -0.1) is 0 Å². The summed E-state index contributed by atoms with van der Waals surface area (Å²) < 4.78 is 0. The van der Waals surface area contributed by atoms with Gasteiger partial charge in [-0.3, -0.25) is 9.78 Å². The lowest BCUT2D eigenvalue weighted by atomic mass is 10.0. The molecule has 6 heteroatoms. The Morgan fingerprint density at radius 2 is 1.95 bits per heavy atom. The number of carbonyl (C=O) groups is 2. The highest BCUT2D eigenvalue weighted by atomic mass is 16.2. The number of amides is 3. The van der Waals surface area contributed by atoms with Crippen LogP contribution in [-0.4, -0.2) is 23.0 Å². The number of fused-ring (bicyclic) bond motifs is 1. The number of nitrogens with one attached hydrogen (secondary N) is 2. The van der Waals surface area contributed by atoms with Gasteiger partial charge in [-0.2, -0.15) is 0 Å². The van der Waals surface area contributed by atoms with E-state index in [1.807, 2.05) is 44.2 Å². The molecule has 2 aromatic rings. The average molecular weight is 286 g/mol. The molecule has 0 saturated heterocycles. The van der Waals surface area contributed by atoms with Gasteiger partial charge in [-0.25, -0.2) is 4.79 Å². The molecule has 4 N–H and O–H groups in total. The van der Waals surface area contributed by atoms with E-state index in [-0.39, 0.29) is 11.8 Å². The number of primary amides is 1. The first-order chi connectivity index (χ1) is 9.97. The van der Waals surface area contributed by atoms with Crippen molar-refractivity contribution in [2.45, 2.75) is 19.9 Å². The number of anilines is 1. The molecular weight excluding hydrogens is 268 g/mol. The fourth-order valence-electron chi connectivity index (χ4n) is 2.05. The van der Waals surface area contributed by atoms with Gasteiger partial charge in [0, 0.05) is 5.39 Å². The van der Waals surface area contributed by atoms with E-state index in [1.165, 1.54) is 0 Å². The Kier molecular flexibility index (Phi) is 4.37. The maximum absolute atomic E-state index is 12.2. The number of carbonyl (C=O) groups excluding carboxylic acids is 2. The van der Waals surface area contributed by atoms with Crippen molar-refractivity contribution in [3.8, 4) is 0 Å². The lowest BCUT2D eigenvalue weighted by molar-refractivity contribution is -0.118. The molecular formula is C15H18N4O2. The lowest BCUT2D eigenvalue weighted by Crippen LogP contribution is -2.49. The minimum absolute atomic E-state index is 0.0779. The molecule has 0 unspecified atom stereocenters. The predicted octanol–water partition coefficient (Wildman–Crippen LogP) is 1.87. The van der Waals surface area contributed by atoms with Crippen LogP contribution < -0.4 is 16.4 Å². The molecule has 0 bridgehead atoms. The molecule has 110 valence electrons. The van der Waals surface area contributed by atoms with Crippen LogP contribution in [0.2, 0.25) is 0 Å². The van der Waals surface area contributed by atoms with Gasteiger partial charge in [-0.1, -0.05) is 32.0 Å². The summed E-state index contributed by atoms with van der Waals surface area (Å²) in [5.74, 6) is -0.396. The molecule has 0 aliphatic rings. The number of nitrogens with two attached hydrogens (primary N) is 1. The van der Waals surface area contributed by atoms with Gasteiger partial charge in [0.2, 0.25) is 5.91 Å². The van der Waals surface area contributed by atoms with Crippen LogP contribution in [0.5, 0.6) is 0 Å². The molecule has 0 fully saturated rings. The molecule has 0 spiro atoms. The third-order valence-electron chi connectivity index (χ3n) is 3.10. The summed E-state index contributed by atoms with van der Waals surface area (Å²) in [6.45, 7) is 3.66. The maximum Gasteiger partial charge on any atom is 0.312 e. The number of urea groups is 1. The van der Waals surface area contributed by atoms with Crippen molar-refractivity contribution in [1.82, 2.24) is 10.3 Å². The third-order valence-corrected chi connectivity index (χ3v) is 3.10. The number of aromatic nitrogens is 1. The standard InChI is InChI=1S/C15H18N4O2/c1-9(2)13(19-15(16)21)14(20)18-11-7-10-5-3-4-6-12(10)17-8-11/h3-9,13H,1-2H3,(H,18,20)(H3,16,19,21)/t13-/m0/s1. The first-order valence-corrected chi connectivity index (χ1v) is 6.69. The van der Waals surface area contributed by atoms with Crippen LogP contribution in [0, 0.1) is 5.92 Å². The average Bonchev–Trinajstić information content (AvgIpc) is 2.44. The highest BCUT2D eigenvalue weighted by molar-refractivity contribution is 5.98. The SMILES string of the molecule is CC(C)[C@H](NC(N)=O)C(=O)Nc1cnc2ccccc2c1. The van der Waals surface area contributed by atoms with Crippen molar-refractivity contribution in [2.24, 2.45) is 11.7 Å². The zero-order valence-electron chi connectivity index (χ0n) is 12.0. The van der Waals surface area contributed by atoms with Crippen LogP contribution in [0.1, 0.15) is 13.8 Å². The predicted molar refractivity (Wildman–Crippen MR) is 81.7 cm³/mol. The summed E-state index contributed by atoms with van der Waals surface area (Å²) in [7, 11) is 0. The van der Waals surface area contributed by atoms with Gasteiger partial charge in [0.05, 0.1) is 17.4 Å². The number of hydrogen-bond acceptors (Lipinski definition) is 3. The van der Waals surface area contributed by atoms with Gasteiger partial charge < -0.3 is 16.4 Å². The Hall–Kier alpha value is -2.63. The molecule has 1 atom stereocenters. The van der Waals surface area contributed by atoms with Crippen LogP contribution in [-0.2, 0) is 4.79 Å². The zero-order valence-corrected chi connectivity index (χ0v) is 12.0. The molecule has 2 rings (SSSR count). The third kappa shape index (κ3) is 3.68. The second kappa shape index (κ2) is 6.21. The van der Waals surface area contributed by atoms with Crippen molar-refractivity contribution in [1.29, 1.82) is 0 Å². The molecule has 21 heavy (non-hydrogen) atoms. The molecule has 3 amide bonds. The van der Waals surface area contributed by atoms with Crippen LogP contribution in [0.15, 0.2) is 36.5 Å². The van der Waals surface area contributed by atoms with Crippen molar-refractivity contribution in [3.63, 3.8) is 0 Å². The summed E-state index contributed by atoms with van der Waals surface area (Å²) in [6.07, 6.45) is 1.59. The fraction of sp³-hybridized carbons (Fsp3) is 0.267. The second-order valence-electron chi connectivity index (χ2n) is 5.14. The molecule has 0 aliphatic carbocycles. The Bertz CT molecular complexity index is 670. The van der Waals surface area contributed by atoms with Gasteiger partial charge in [0.15, 0.2) is 0 Å². The van der Waals surface area contributed by atoms with Crippen LogP contribution in [0.4, 0.5) is 10.5 Å². The van der Waals surface area contributed by atoms with E-state index in [0.717, 1.165) is 10.9 Å². The van der Waals surface area contributed by atoms with E-state index in [2.05, 4.69) is 15.6 Å². The highest BCUT2D eigenvalue weighted by Gasteiger charge is 2.23. The summed E-state index contributed by atoms with van der Waals surface area (Å²) in [5, 5.41) is 6.12. The minimum atomic E-state index is -0.722. The van der Waals surface area contributed by atoms with E-state index in [1.54, 1.807) is 6.20 Å². The number of rotatable bonds is 4. The summed E-state index contributed by atoms with van der Waals surface area (Å²) >= 11 is 0. The topological polar surface area (TPSA) is 97.1 Å². The number of hydrogen-bond donors (Lipinski definition) is 3. The van der Waals surface area contributed by atoms with E-state index in [4.69, 9.17) is 5.73 Å². The maximum atomic E-state index is 12.2. The molecule has 0 radical (unpaired) electrons. The van der Waals surface area contributed by atoms with Crippen molar-refractivity contribution in [2.75, 3.05) is 5.32 Å². The highest BCUT2D eigenvalue weighted by Crippen LogP contribution is 2.16. The summed E-state index contributed by atoms with van der Waals surface area (Å²) in [5.41, 5.74) is 6.53. The number of para-hydroxylation sites is 1. The van der Waals surface area contributed by atoms with Crippen LogP contribution in [0.3, 0.4) is 0 Å². The molecule has 1 aromatic carbocycles. The Labute approximate surface area is 122 Å². The zero-order chi connectivity index (χ0) is 15.4. The normalized spacial score (nSPS) is 12.1. The second-order valence-corrected chi connectivity index (χ2v) is 5.14. The Morgan fingerprint density at radius 3 is 2.62 bits per heavy atom. The molecule has 6 nitrogen and oxygen atoms in total. The van der Waals surface area contributed by atoms with Gasteiger partial charge in [0.1, 0.15) is 6.04 Å². The van der Waals surface area contributed by atoms with Crippen LogP contribution in [0.25, 0.3) is 10.9 Å².